The van der Waals surface area contributed by atoms with Crippen molar-refractivity contribution in [3.8, 4) is 5.75 Å². The molecule has 0 radical (unpaired) electrons. The first-order chi connectivity index (χ1) is 20.6. The smallest absolute Gasteiger partial charge is 0.342 e. The van der Waals surface area contributed by atoms with E-state index in [0.29, 0.717) is 29.2 Å². The molecular formula is C31H38F2N6O4. The van der Waals surface area contributed by atoms with E-state index in [1.165, 1.54) is 20.4 Å². The standard InChI is InChI=1S/C31H38F2N6O4/c1-38-22-15-34-28(36-26(22)39(19-5-3-4-6-19)17-31(32,33)27(38)42)35-21-8-7-18(13-24(21)43-2)23(41)14-25-30(37-25)16-29(30)11-9-20(40)10-12-29/h7-8,13,15,19-20,25,37,40H,3-6,9-12,14,16-17H2,1-2H3,(H,34,35,36)/t20?,25?,29?,30-/m0/s1. The monoisotopic (exact) mass is 596 g/mol. The van der Waals surface area contributed by atoms with E-state index >= 15 is 0 Å². The summed E-state index contributed by atoms with van der Waals surface area (Å²) in [6.07, 6.45) is 9.77. The molecule has 3 heterocycles. The Morgan fingerprint density at radius 1 is 1.21 bits per heavy atom. The third kappa shape index (κ3) is 4.73. The first kappa shape index (κ1) is 28.4. The summed E-state index contributed by atoms with van der Waals surface area (Å²) in [5.74, 6) is -3.91. The van der Waals surface area contributed by atoms with Gasteiger partial charge >= 0.3 is 5.92 Å². The number of nitrogens with zero attached hydrogens (tertiary/aromatic N) is 4. The van der Waals surface area contributed by atoms with Crippen LogP contribution in [-0.4, -0.2) is 77.1 Å². The molecule has 3 saturated carbocycles. The Kier molecular flexibility index (Phi) is 6.66. The molecule has 43 heavy (non-hydrogen) atoms. The molecule has 1 amide bonds. The summed E-state index contributed by atoms with van der Waals surface area (Å²) in [4.78, 5) is 37.3. The minimum Gasteiger partial charge on any atom is -0.495 e. The number of fused-ring (bicyclic) bond motifs is 2. The van der Waals surface area contributed by atoms with E-state index in [1.54, 1.807) is 23.1 Å². The number of hydrogen-bond donors (Lipinski definition) is 3. The zero-order valence-corrected chi connectivity index (χ0v) is 24.5. The third-order valence-corrected chi connectivity index (χ3v) is 10.6. The molecule has 1 unspecified atom stereocenters. The number of hydrogen-bond acceptors (Lipinski definition) is 9. The number of alkyl halides is 2. The van der Waals surface area contributed by atoms with Crippen molar-refractivity contribution >= 4 is 34.8 Å². The number of benzene rings is 1. The van der Waals surface area contributed by atoms with Gasteiger partial charge in [-0.2, -0.15) is 13.8 Å². The highest BCUT2D eigenvalue weighted by atomic mass is 19.3. The first-order valence-electron chi connectivity index (χ1n) is 15.3. The number of aromatic nitrogens is 2. The van der Waals surface area contributed by atoms with Gasteiger partial charge in [0, 0.05) is 36.7 Å². The molecule has 3 aliphatic carbocycles. The molecule has 0 bridgehead atoms. The number of carbonyl (C=O) groups excluding carboxylic acids is 2. The van der Waals surface area contributed by atoms with Crippen molar-refractivity contribution < 1.29 is 28.2 Å². The van der Waals surface area contributed by atoms with E-state index in [9.17, 15) is 23.5 Å². The van der Waals surface area contributed by atoms with E-state index in [1.807, 2.05) is 0 Å². The summed E-state index contributed by atoms with van der Waals surface area (Å²) in [5, 5.41) is 16.6. The van der Waals surface area contributed by atoms with Crippen LogP contribution in [0.2, 0.25) is 0 Å². The maximum atomic E-state index is 14.9. The second kappa shape index (κ2) is 10.1. The van der Waals surface area contributed by atoms with Crippen LogP contribution in [0.25, 0.3) is 0 Å². The Morgan fingerprint density at radius 2 is 1.95 bits per heavy atom. The van der Waals surface area contributed by atoms with Crippen LogP contribution in [-0.2, 0) is 4.79 Å². The lowest BCUT2D eigenvalue weighted by molar-refractivity contribution is -0.140. The number of halogens is 2. The van der Waals surface area contributed by atoms with Gasteiger partial charge in [-0.05, 0) is 68.6 Å². The number of amides is 1. The van der Waals surface area contributed by atoms with Crippen molar-refractivity contribution in [1.82, 2.24) is 15.3 Å². The fourth-order valence-electron chi connectivity index (χ4n) is 7.95. The molecule has 5 aliphatic rings. The van der Waals surface area contributed by atoms with Gasteiger partial charge in [-0.1, -0.05) is 12.8 Å². The lowest BCUT2D eigenvalue weighted by Gasteiger charge is -2.31. The number of anilines is 4. The number of ketones is 1. The minimum absolute atomic E-state index is 0.0271. The number of Topliss-reactive ketones (excluding diaryl/α,β-unsaturated/α-hetero) is 1. The highest BCUT2D eigenvalue weighted by Gasteiger charge is 2.79. The molecule has 2 atom stereocenters. The summed E-state index contributed by atoms with van der Waals surface area (Å²) in [6, 6.07) is 5.19. The molecule has 4 fully saturated rings. The van der Waals surface area contributed by atoms with Gasteiger partial charge in [0.1, 0.15) is 11.4 Å². The van der Waals surface area contributed by atoms with Crippen LogP contribution in [0.1, 0.15) is 74.6 Å². The van der Waals surface area contributed by atoms with Crippen molar-refractivity contribution in [2.75, 3.05) is 35.8 Å². The van der Waals surface area contributed by atoms with Crippen LogP contribution in [0, 0.1) is 5.41 Å². The Bertz CT molecular complexity index is 1460. The van der Waals surface area contributed by atoms with E-state index < -0.39 is 18.4 Å². The molecule has 12 heteroatoms. The van der Waals surface area contributed by atoms with Crippen LogP contribution in [0.5, 0.6) is 5.75 Å². The van der Waals surface area contributed by atoms with Gasteiger partial charge in [0.25, 0.3) is 5.91 Å². The number of nitrogens with one attached hydrogen (secondary N) is 2. The SMILES string of the molecule is COc1cc(C(=O)CC2N[C@@]23CC32CCC(O)CC2)ccc1Nc1ncc2c(n1)N(C1CCCC1)CC(F)(F)C(=O)N2C. The Balaban J connectivity index is 1.08. The number of rotatable bonds is 7. The largest absolute Gasteiger partial charge is 0.495 e. The predicted molar refractivity (Wildman–Crippen MR) is 156 cm³/mol. The molecule has 2 aromatic rings. The van der Waals surface area contributed by atoms with Gasteiger partial charge in [-0.15, -0.1) is 0 Å². The predicted octanol–water partition coefficient (Wildman–Crippen LogP) is 4.20. The molecule has 7 rings (SSSR count). The summed E-state index contributed by atoms with van der Waals surface area (Å²) in [5.41, 5.74) is 1.60. The quantitative estimate of drug-likeness (QED) is 0.318. The molecular weight excluding hydrogens is 558 g/mol. The third-order valence-electron chi connectivity index (χ3n) is 10.6. The Morgan fingerprint density at radius 3 is 2.67 bits per heavy atom. The van der Waals surface area contributed by atoms with Crippen LogP contribution in [0.15, 0.2) is 24.4 Å². The molecule has 1 saturated heterocycles. The van der Waals surface area contributed by atoms with Gasteiger partial charge in [-0.25, -0.2) is 4.98 Å². The summed E-state index contributed by atoms with van der Waals surface area (Å²) >= 11 is 0. The van der Waals surface area contributed by atoms with Crippen molar-refractivity contribution in [1.29, 1.82) is 0 Å². The van der Waals surface area contributed by atoms with Crippen molar-refractivity contribution in [2.24, 2.45) is 5.41 Å². The average Bonchev–Trinajstić information content (AvgIpc) is 3.74. The molecule has 2 spiro atoms. The normalized spacial score (nSPS) is 31.2. The molecule has 3 N–H and O–H groups in total. The number of ether oxygens (including phenoxy) is 1. The molecule has 230 valence electrons. The summed E-state index contributed by atoms with van der Waals surface area (Å²) in [6.45, 7) is -0.732. The highest BCUT2D eigenvalue weighted by Crippen LogP contribution is 2.72. The fourth-order valence-corrected chi connectivity index (χ4v) is 7.95. The maximum absolute atomic E-state index is 14.9. The topological polar surface area (TPSA) is 130 Å². The van der Waals surface area contributed by atoms with Crippen LogP contribution >= 0.6 is 0 Å². The summed E-state index contributed by atoms with van der Waals surface area (Å²) in [7, 11) is 2.84. The van der Waals surface area contributed by atoms with Gasteiger partial charge in [0.2, 0.25) is 5.95 Å². The zero-order chi connectivity index (χ0) is 30.1. The van der Waals surface area contributed by atoms with Crippen LogP contribution in [0.4, 0.5) is 31.9 Å². The minimum atomic E-state index is -3.55. The lowest BCUT2D eigenvalue weighted by atomic mass is 9.82. The van der Waals surface area contributed by atoms with E-state index in [2.05, 4.69) is 20.6 Å². The second-order valence-corrected chi connectivity index (χ2v) is 13.1. The second-order valence-electron chi connectivity index (χ2n) is 13.1. The van der Waals surface area contributed by atoms with E-state index in [0.717, 1.165) is 62.7 Å². The number of aliphatic hydroxyl groups is 1. The van der Waals surface area contributed by atoms with Gasteiger partial charge in [-0.3, -0.25) is 9.59 Å². The van der Waals surface area contributed by atoms with Gasteiger partial charge < -0.3 is 30.3 Å². The van der Waals surface area contributed by atoms with Crippen LogP contribution < -0.4 is 25.2 Å². The Hall–Kier alpha value is -3.38. The first-order valence-corrected chi connectivity index (χ1v) is 15.3. The van der Waals surface area contributed by atoms with Gasteiger partial charge in [0.05, 0.1) is 31.6 Å². The average molecular weight is 597 g/mol. The summed E-state index contributed by atoms with van der Waals surface area (Å²) < 4.78 is 35.4. The Labute approximate surface area is 249 Å². The number of aliphatic hydroxyl groups excluding tert-OH is 1. The molecule has 10 nitrogen and oxygen atoms in total. The molecule has 1 aromatic carbocycles. The number of methoxy groups -OCH3 is 1. The van der Waals surface area contributed by atoms with Gasteiger partial charge in [0.15, 0.2) is 11.6 Å². The van der Waals surface area contributed by atoms with Crippen LogP contribution in [0.3, 0.4) is 0 Å². The molecule has 2 aliphatic heterocycles. The highest BCUT2D eigenvalue weighted by molar-refractivity contribution is 6.02. The molecule has 1 aromatic heterocycles. The number of carbonyl (C=O) groups is 2. The maximum Gasteiger partial charge on any atom is 0.342 e. The van der Waals surface area contributed by atoms with Crippen molar-refractivity contribution in [3.05, 3.63) is 30.0 Å². The fraction of sp³-hybridized carbons (Fsp3) is 0.613. The van der Waals surface area contributed by atoms with Crippen molar-refractivity contribution in [3.63, 3.8) is 0 Å². The van der Waals surface area contributed by atoms with E-state index in [4.69, 9.17) is 4.74 Å². The van der Waals surface area contributed by atoms with E-state index in [-0.39, 0.29) is 46.6 Å². The zero-order valence-electron chi connectivity index (χ0n) is 24.5. The van der Waals surface area contributed by atoms with Crippen molar-refractivity contribution in [2.45, 2.75) is 93.9 Å². The lowest BCUT2D eigenvalue weighted by Crippen LogP contribution is -2.48.